The quantitative estimate of drug-likeness (QED) is 0.494. The number of halogens is 2. The molecule has 2 aliphatic rings. The van der Waals surface area contributed by atoms with Gasteiger partial charge in [-0.05, 0) is 54.7 Å². The molecule has 0 bridgehead atoms. The predicted molar refractivity (Wildman–Crippen MR) is 130 cm³/mol. The Hall–Kier alpha value is -4.06. The highest BCUT2D eigenvalue weighted by molar-refractivity contribution is 6.10. The van der Waals surface area contributed by atoms with Crippen molar-refractivity contribution in [3.63, 3.8) is 0 Å². The Morgan fingerprint density at radius 2 is 1.57 bits per heavy atom. The molecule has 0 fully saturated rings. The van der Waals surface area contributed by atoms with Crippen LogP contribution in [0.2, 0.25) is 0 Å². The van der Waals surface area contributed by atoms with E-state index in [9.17, 15) is 18.4 Å². The molecule has 0 saturated carbocycles. The van der Waals surface area contributed by atoms with Crippen molar-refractivity contribution in [3.8, 4) is 0 Å². The molecule has 3 aromatic carbocycles. The fraction of sp³-hybridized carbons (Fsp3) is 0.172. The molecule has 0 unspecified atom stereocenters. The first kappa shape index (κ1) is 22.7. The van der Waals surface area contributed by atoms with E-state index in [1.54, 1.807) is 31.2 Å². The van der Waals surface area contributed by atoms with Gasteiger partial charge in [0.2, 0.25) is 0 Å². The first-order chi connectivity index (χ1) is 16.9. The number of para-hydroxylation sites is 1. The summed E-state index contributed by atoms with van der Waals surface area (Å²) in [4.78, 5) is 27.0. The summed E-state index contributed by atoms with van der Waals surface area (Å²) >= 11 is 0. The molecule has 1 aliphatic heterocycles. The lowest BCUT2D eigenvalue weighted by molar-refractivity contribution is -0.116. The number of dihydropyridines is 1. The fourth-order valence-corrected chi connectivity index (χ4v) is 5.04. The summed E-state index contributed by atoms with van der Waals surface area (Å²) in [6.07, 6.45) is 0.922. The molecule has 1 amide bonds. The third-order valence-corrected chi connectivity index (χ3v) is 6.67. The summed E-state index contributed by atoms with van der Waals surface area (Å²) in [6, 6.07) is 21.6. The summed E-state index contributed by atoms with van der Waals surface area (Å²) in [7, 11) is 0. The van der Waals surface area contributed by atoms with E-state index in [1.807, 2.05) is 30.3 Å². The lowest BCUT2D eigenvalue weighted by atomic mass is 9.71. The van der Waals surface area contributed by atoms with E-state index in [0.29, 0.717) is 35.2 Å². The van der Waals surface area contributed by atoms with Gasteiger partial charge in [0.1, 0.15) is 11.6 Å². The van der Waals surface area contributed by atoms with Crippen molar-refractivity contribution in [1.82, 2.24) is 5.32 Å². The minimum Gasteiger partial charge on any atom is -0.362 e. The maximum absolute atomic E-state index is 14.3. The third-order valence-electron chi connectivity index (χ3n) is 6.67. The summed E-state index contributed by atoms with van der Waals surface area (Å²) in [5.74, 6) is -2.22. The largest absolute Gasteiger partial charge is 0.362 e. The number of anilines is 1. The molecule has 35 heavy (non-hydrogen) atoms. The molecule has 6 heteroatoms. The van der Waals surface area contributed by atoms with Crippen molar-refractivity contribution in [2.45, 2.75) is 31.6 Å². The lowest BCUT2D eigenvalue weighted by Crippen LogP contribution is -2.37. The van der Waals surface area contributed by atoms with Crippen molar-refractivity contribution in [2.24, 2.45) is 0 Å². The van der Waals surface area contributed by atoms with Crippen LogP contribution in [0.4, 0.5) is 14.5 Å². The van der Waals surface area contributed by atoms with Gasteiger partial charge in [0.15, 0.2) is 5.78 Å². The van der Waals surface area contributed by atoms with Crippen LogP contribution in [-0.2, 0) is 9.59 Å². The number of allylic oxidation sites excluding steroid dienone is 3. The van der Waals surface area contributed by atoms with E-state index in [0.717, 1.165) is 11.3 Å². The first-order valence-electron chi connectivity index (χ1n) is 11.5. The van der Waals surface area contributed by atoms with Gasteiger partial charge < -0.3 is 10.6 Å². The van der Waals surface area contributed by atoms with Gasteiger partial charge in [-0.3, -0.25) is 9.59 Å². The van der Waals surface area contributed by atoms with Gasteiger partial charge in [0, 0.05) is 34.9 Å². The normalized spacial score (nSPS) is 19.8. The topological polar surface area (TPSA) is 58.2 Å². The Labute approximate surface area is 202 Å². The minimum absolute atomic E-state index is 0.0189. The highest BCUT2D eigenvalue weighted by Gasteiger charge is 2.41. The van der Waals surface area contributed by atoms with Crippen LogP contribution in [0.3, 0.4) is 0 Å². The molecule has 176 valence electrons. The van der Waals surface area contributed by atoms with E-state index >= 15 is 0 Å². The monoisotopic (exact) mass is 470 g/mol. The number of hydrogen-bond donors (Lipinski definition) is 2. The highest BCUT2D eigenvalue weighted by Crippen LogP contribution is 2.45. The van der Waals surface area contributed by atoms with E-state index in [-0.39, 0.29) is 17.4 Å². The standard InChI is InChI=1S/C29H24F2N2O2/c1-17-26(29(35)33-23-10-6-5-9-22(23)31)27(19-11-13-21(30)14-12-19)28-24(32-17)15-20(16-25(28)34)18-7-3-2-4-8-18/h2-14,20,27,32H,15-16H2,1H3,(H,33,35)/t20-,27-/m1/s1. The maximum atomic E-state index is 14.3. The predicted octanol–water partition coefficient (Wildman–Crippen LogP) is 5.97. The second-order valence-corrected chi connectivity index (χ2v) is 8.91. The van der Waals surface area contributed by atoms with Crippen LogP contribution >= 0.6 is 0 Å². The van der Waals surface area contributed by atoms with Crippen LogP contribution in [-0.4, -0.2) is 11.7 Å². The molecule has 4 nitrogen and oxygen atoms in total. The number of rotatable bonds is 4. The van der Waals surface area contributed by atoms with Crippen molar-refractivity contribution in [3.05, 3.63) is 124 Å². The number of nitrogens with one attached hydrogen (secondary N) is 2. The Kier molecular flexibility index (Phi) is 6.03. The fourth-order valence-electron chi connectivity index (χ4n) is 5.04. The third kappa shape index (κ3) is 4.39. The van der Waals surface area contributed by atoms with E-state index in [1.165, 1.54) is 24.3 Å². The van der Waals surface area contributed by atoms with Crippen LogP contribution in [0.1, 0.15) is 42.7 Å². The second-order valence-electron chi connectivity index (χ2n) is 8.91. The molecule has 3 aromatic rings. The molecule has 1 heterocycles. The molecule has 2 N–H and O–H groups in total. The van der Waals surface area contributed by atoms with Gasteiger partial charge in [-0.15, -0.1) is 0 Å². The van der Waals surface area contributed by atoms with Gasteiger partial charge in [-0.1, -0.05) is 54.6 Å². The zero-order chi connectivity index (χ0) is 24.5. The molecule has 0 aromatic heterocycles. The Morgan fingerprint density at radius 1 is 0.886 bits per heavy atom. The number of carbonyl (C=O) groups is 2. The van der Waals surface area contributed by atoms with Crippen molar-refractivity contribution < 1.29 is 18.4 Å². The van der Waals surface area contributed by atoms with Gasteiger partial charge in [0.05, 0.1) is 5.69 Å². The molecule has 1 aliphatic carbocycles. The van der Waals surface area contributed by atoms with Crippen LogP contribution in [0, 0.1) is 11.6 Å². The van der Waals surface area contributed by atoms with E-state index in [4.69, 9.17) is 0 Å². The molecular formula is C29H24F2N2O2. The number of carbonyl (C=O) groups excluding carboxylic acids is 2. The van der Waals surface area contributed by atoms with Crippen LogP contribution < -0.4 is 10.6 Å². The van der Waals surface area contributed by atoms with Crippen LogP contribution in [0.5, 0.6) is 0 Å². The first-order valence-corrected chi connectivity index (χ1v) is 11.5. The average molecular weight is 471 g/mol. The zero-order valence-electron chi connectivity index (χ0n) is 19.1. The van der Waals surface area contributed by atoms with Crippen molar-refractivity contribution in [2.75, 3.05) is 5.32 Å². The Morgan fingerprint density at radius 3 is 2.29 bits per heavy atom. The van der Waals surface area contributed by atoms with Gasteiger partial charge >= 0.3 is 0 Å². The molecular weight excluding hydrogens is 446 g/mol. The van der Waals surface area contributed by atoms with Gasteiger partial charge in [0.25, 0.3) is 5.91 Å². The molecule has 0 radical (unpaired) electrons. The summed E-state index contributed by atoms with van der Waals surface area (Å²) in [5.41, 5.74) is 3.92. The number of benzene rings is 3. The summed E-state index contributed by atoms with van der Waals surface area (Å²) in [5, 5.41) is 5.95. The smallest absolute Gasteiger partial charge is 0.254 e. The Bertz CT molecular complexity index is 1360. The number of hydrogen-bond acceptors (Lipinski definition) is 3. The Balaban J connectivity index is 1.57. The van der Waals surface area contributed by atoms with Crippen LogP contribution in [0.25, 0.3) is 0 Å². The zero-order valence-corrected chi connectivity index (χ0v) is 19.1. The number of Topliss-reactive ketones (excluding diaryl/α,β-unsaturated/α-hetero) is 1. The molecule has 2 atom stereocenters. The van der Waals surface area contributed by atoms with Crippen LogP contribution in [0.15, 0.2) is 101 Å². The van der Waals surface area contributed by atoms with Gasteiger partial charge in [-0.25, -0.2) is 8.78 Å². The summed E-state index contributed by atoms with van der Waals surface area (Å²) in [6.45, 7) is 1.77. The lowest BCUT2D eigenvalue weighted by Gasteiger charge is -2.37. The minimum atomic E-state index is -0.692. The molecule has 0 saturated heterocycles. The number of amides is 1. The summed E-state index contributed by atoms with van der Waals surface area (Å²) < 4.78 is 28.0. The van der Waals surface area contributed by atoms with E-state index in [2.05, 4.69) is 10.6 Å². The van der Waals surface area contributed by atoms with Crippen molar-refractivity contribution in [1.29, 1.82) is 0 Å². The highest BCUT2D eigenvalue weighted by atomic mass is 19.1. The van der Waals surface area contributed by atoms with E-state index < -0.39 is 23.5 Å². The van der Waals surface area contributed by atoms with Crippen molar-refractivity contribution >= 4 is 17.4 Å². The SMILES string of the molecule is CC1=C(C(=O)Nc2ccccc2F)[C@@H](c2ccc(F)cc2)C2=C(C[C@@H](c3ccccc3)CC2=O)N1. The number of ketones is 1. The average Bonchev–Trinajstić information content (AvgIpc) is 2.85. The second kappa shape index (κ2) is 9.29. The van der Waals surface area contributed by atoms with Gasteiger partial charge in [-0.2, -0.15) is 0 Å². The molecule has 5 rings (SSSR count). The molecule has 0 spiro atoms. The maximum Gasteiger partial charge on any atom is 0.254 e.